The highest BCUT2D eigenvalue weighted by Crippen LogP contribution is 2.09. The Balaban J connectivity index is 4.45. The van der Waals surface area contributed by atoms with Crippen LogP contribution in [0.1, 0.15) is 40.5 Å². The molecule has 0 aliphatic rings. The number of carbonyl (C=O) groups is 2. The maximum absolute atomic E-state index is 11.7. The highest BCUT2D eigenvalue weighted by atomic mass is 16.4. The van der Waals surface area contributed by atoms with Crippen molar-refractivity contribution in [1.82, 2.24) is 5.32 Å². The molecule has 0 aliphatic heterocycles. The first-order chi connectivity index (χ1) is 7.79. The van der Waals surface area contributed by atoms with Crippen molar-refractivity contribution in [1.29, 1.82) is 0 Å². The molecular formula is C12H24N2O3. The Kier molecular flexibility index (Phi) is 6.80. The van der Waals surface area contributed by atoms with Crippen molar-refractivity contribution in [2.75, 3.05) is 0 Å². The second-order valence-electron chi connectivity index (χ2n) is 4.95. The molecule has 100 valence electrons. The Bertz CT molecular complexity index is 266. The average Bonchev–Trinajstić information content (AvgIpc) is 2.22. The van der Waals surface area contributed by atoms with Crippen LogP contribution in [-0.4, -0.2) is 29.1 Å². The molecule has 0 aliphatic carbocycles. The highest BCUT2D eigenvalue weighted by Gasteiger charge is 2.27. The highest BCUT2D eigenvalue weighted by molar-refractivity contribution is 5.86. The fourth-order valence-corrected chi connectivity index (χ4v) is 1.56. The lowest BCUT2D eigenvalue weighted by atomic mass is 9.98. The number of hydrogen-bond donors (Lipinski definition) is 3. The summed E-state index contributed by atoms with van der Waals surface area (Å²) in [5.74, 6) is -1.19. The molecule has 0 aromatic rings. The van der Waals surface area contributed by atoms with Crippen molar-refractivity contribution in [2.45, 2.75) is 52.6 Å². The Morgan fingerprint density at radius 1 is 1.29 bits per heavy atom. The minimum Gasteiger partial charge on any atom is -0.480 e. The quantitative estimate of drug-likeness (QED) is 0.622. The summed E-state index contributed by atoms with van der Waals surface area (Å²) in [6, 6.07) is -1.49. The van der Waals surface area contributed by atoms with Gasteiger partial charge in [0.2, 0.25) is 5.91 Å². The molecule has 0 radical (unpaired) electrons. The van der Waals surface area contributed by atoms with Crippen LogP contribution in [0, 0.1) is 11.8 Å². The molecule has 0 rings (SSSR count). The minimum absolute atomic E-state index is 0.109. The number of nitrogens with one attached hydrogen (secondary N) is 1. The lowest BCUT2D eigenvalue weighted by molar-refractivity contribution is -0.143. The van der Waals surface area contributed by atoms with Gasteiger partial charge in [-0.1, -0.05) is 34.1 Å². The smallest absolute Gasteiger partial charge is 0.326 e. The molecule has 0 saturated carbocycles. The third kappa shape index (κ3) is 5.68. The maximum Gasteiger partial charge on any atom is 0.326 e. The molecule has 1 amide bonds. The zero-order chi connectivity index (χ0) is 13.6. The van der Waals surface area contributed by atoms with Gasteiger partial charge in [-0.2, -0.15) is 0 Å². The van der Waals surface area contributed by atoms with Crippen LogP contribution in [0.3, 0.4) is 0 Å². The van der Waals surface area contributed by atoms with Crippen LogP contribution in [0.15, 0.2) is 0 Å². The van der Waals surface area contributed by atoms with Crippen LogP contribution in [0.4, 0.5) is 0 Å². The maximum atomic E-state index is 11.7. The molecule has 0 heterocycles. The monoisotopic (exact) mass is 244 g/mol. The van der Waals surface area contributed by atoms with Gasteiger partial charge in [0.25, 0.3) is 0 Å². The third-order valence-corrected chi connectivity index (χ3v) is 2.84. The average molecular weight is 244 g/mol. The first-order valence-corrected chi connectivity index (χ1v) is 6.08. The van der Waals surface area contributed by atoms with Crippen molar-refractivity contribution < 1.29 is 14.7 Å². The van der Waals surface area contributed by atoms with E-state index in [0.717, 1.165) is 0 Å². The molecule has 0 saturated heterocycles. The molecule has 0 unspecified atom stereocenters. The second kappa shape index (κ2) is 7.27. The van der Waals surface area contributed by atoms with Gasteiger partial charge in [-0.25, -0.2) is 4.79 Å². The van der Waals surface area contributed by atoms with Crippen molar-refractivity contribution in [3.05, 3.63) is 0 Å². The van der Waals surface area contributed by atoms with Crippen LogP contribution in [0.25, 0.3) is 0 Å². The van der Waals surface area contributed by atoms with Gasteiger partial charge in [0.1, 0.15) is 6.04 Å². The molecular weight excluding hydrogens is 220 g/mol. The number of amides is 1. The van der Waals surface area contributed by atoms with Gasteiger partial charge in [0, 0.05) is 0 Å². The van der Waals surface area contributed by atoms with E-state index in [-0.39, 0.29) is 11.8 Å². The van der Waals surface area contributed by atoms with Gasteiger partial charge >= 0.3 is 5.97 Å². The van der Waals surface area contributed by atoms with Crippen LogP contribution < -0.4 is 11.1 Å². The molecule has 0 fully saturated rings. The van der Waals surface area contributed by atoms with Crippen molar-refractivity contribution in [3.63, 3.8) is 0 Å². The topological polar surface area (TPSA) is 92.4 Å². The van der Waals surface area contributed by atoms with Gasteiger partial charge < -0.3 is 16.2 Å². The van der Waals surface area contributed by atoms with E-state index in [1.165, 1.54) is 0 Å². The Morgan fingerprint density at radius 3 is 2.18 bits per heavy atom. The number of carboxylic acid groups (broad SMARTS) is 1. The molecule has 0 bridgehead atoms. The second-order valence-corrected chi connectivity index (χ2v) is 4.95. The van der Waals surface area contributed by atoms with Gasteiger partial charge in [-0.15, -0.1) is 0 Å². The zero-order valence-electron chi connectivity index (χ0n) is 11.1. The van der Waals surface area contributed by atoms with E-state index in [9.17, 15) is 9.59 Å². The van der Waals surface area contributed by atoms with Crippen molar-refractivity contribution in [2.24, 2.45) is 17.6 Å². The summed E-state index contributed by atoms with van der Waals surface area (Å²) in [6.45, 7) is 7.63. The van der Waals surface area contributed by atoms with Gasteiger partial charge in [0.15, 0.2) is 0 Å². The lowest BCUT2D eigenvalue weighted by Gasteiger charge is -2.22. The summed E-state index contributed by atoms with van der Waals surface area (Å²) in [5.41, 5.74) is 5.70. The van der Waals surface area contributed by atoms with Gasteiger partial charge in [-0.3, -0.25) is 4.79 Å². The third-order valence-electron chi connectivity index (χ3n) is 2.84. The van der Waals surface area contributed by atoms with Gasteiger partial charge in [0.05, 0.1) is 6.04 Å². The zero-order valence-corrected chi connectivity index (χ0v) is 11.1. The Hall–Kier alpha value is -1.10. The summed E-state index contributed by atoms with van der Waals surface area (Å²) in [7, 11) is 0. The van der Waals surface area contributed by atoms with Crippen LogP contribution in [-0.2, 0) is 9.59 Å². The summed E-state index contributed by atoms with van der Waals surface area (Å²) in [6.07, 6.45) is 1.25. The van der Waals surface area contributed by atoms with E-state index in [2.05, 4.69) is 5.32 Å². The molecule has 5 heteroatoms. The van der Waals surface area contributed by atoms with E-state index in [0.29, 0.717) is 18.8 Å². The molecule has 0 spiro atoms. The lowest BCUT2D eigenvalue weighted by Crippen LogP contribution is -2.51. The largest absolute Gasteiger partial charge is 0.480 e. The van der Waals surface area contributed by atoms with E-state index in [1.54, 1.807) is 6.92 Å². The fraction of sp³-hybridized carbons (Fsp3) is 0.833. The molecule has 3 atom stereocenters. The van der Waals surface area contributed by atoms with Crippen LogP contribution in [0.5, 0.6) is 0 Å². The predicted molar refractivity (Wildman–Crippen MR) is 66.5 cm³/mol. The predicted octanol–water partition coefficient (Wildman–Crippen LogP) is 0.975. The molecule has 5 nitrogen and oxygen atoms in total. The van der Waals surface area contributed by atoms with Crippen LogP contribution >= 0.6 is 0 Å². The first-order valence-electron chi connectivity index (χ1n) is 6.08. The number of carboxylic acids is 1. The Labute approximate surface area is 103 Å². The first kappa shape index (κ1) is 15.9. The number of nitrogens with two attached hydrogens (primary N) is 1. The minimum atomic E-state index is -1.01. The molecule has 0 aromatic carbocycles. The molecule has 0 aromatic heterocycles. The number of aliphatic carboxylic acids is 1. The number of carbonyl (C=O) groups excluding carboxylic acids is 1. The Morgan fingerprint density at radius 2 is 1.82 bits per heavy atom. The van der Waals surface area contributed by atoms with E-state index in [1.807, 2.05) is 20.8 Å². The van der Waals surface area contributed by atoms with E-state index < -0.39 is 18.1 Å². The SMILES string of the molecule is CC[C@@H](C)[C@H](NC(=O)[C@H](N)CC(C)C)C(=O)O. The van der Waals surface area contributed by atoms with Crippen molar-refractivity contribution >= 4 is 11.9 Å². The van der Waals surface area contributed by atoms with Crippen LogP contribution in [0.2, 0.25) is 0 Å². The molecule has 4 N–H and O–H groups in total. The van der Waals surface area contributed by atoms with Gasteiger partial charge in [-0.05, 0) is 18.3 Å². The fourth-order valence-electron chi connectivity index (χ4n) is 1.56. The van der Waals surface area contributed by atoms with E-state index >= 15 is 0 Å². The summed E-state index contributed by atoms with van der Waals surface area (Å²) < 4.78 is 0. The summed E-state index contributed by atoms with van der Waals surface area (Å²) >= 11 is 0. The number of hydrogen-bond acceptors (Lipinski definition) is 3. The van der Waals surface area contributed by atoms with Crippen molar-refractivity contribution in [3.8, 4) is 0 Å². The normalized spacial score (nSPS) is 16.4. The number of rotatable bonds is 7. The standard InChI is InChI=1S/C12H24N2O3/c1-5-8(4)10(12(16)17)14-11(15)9(13)6-7(2)3/h7-10H,5-6,13H2,1-4H3,(H,14,15)(H,16,17)/t8-,9-,10+/m1/s1. The molecule has 17 heavy (non-hydrogen) atoms. The summed E-state index contributed by atoms with van der Waals surface area (Å²) in [4.78, 5) is 22.7. The summed E-state index contributed by atoms with van der Waals surface area (Å²) in [5, 5.41) is 11.5. The van der Waals surface area contributed by atoms with E-state index in [4.69, 9.17) is 10.8 Å².